The summed E-state index contributed by atoms with van der Waals surface area (Å²) in [7, 11) is 0. The van der Waals surface area contributed by atoms with Gasteiger partial charge in [0.15, 0.2) is 0 Å². The van der Waals surface area contributed by atoms with Crippen molar-refractivity contribution in [1.82, 2.24) is 5.32 Å². The van der Waals surface area contributed by atoms with Crippen molar-refractivity contribution in [2.45, 2.75) is 33.2 Å². The Balaban J connectivity index is 2.86. The zero-order chi connectivity index (χ0) is 13.0. The minimum absolute atomic E-state index is 0.0187. The summed E-state index contributed by atoms with van der Waals surface area (Å²) < 4.78 is 13.0. The Morgan fingerprint density at radius 1 is 1.47 bits per heavy atom. The van der Waals surface area contributed by atoms with E-state index in [-0.39, 0.29) is 17.4 Å². The normalized spacial score (nSPS) is 12.5. The third-order valence-corrected chi connectivity index (χ3v) is 2.76. The summed E-state index contributed by atoms with van der Waals surface area (Å²) in [5.41, 5.74) is -0.0240. The number of hydrogen-bond donors (Lipinski definition) is 2. The van der Waals surface area contributed by atoms with E-state index in [2.05, 4.69) is 5.32 Å². The molecule has 0 heterocycles. The molecule has 0 aliphatic heterocycles. The zero-order valence-corrected chi connectivity index (χ0v) is 10.3. The average molecular weight is 239 g/mol. The lowest BCUT2D eigenvalue weighted by atomic mass is 10.0. The molecule has 0 aliphatic carbocycles. The van der Waals surface area contributed by atoms with E-state index in [0.717, 1.165) is 18.6 Å². The highest BCUT2D eigenvalue weighted by Crippen LogP contribution is 2.18. The maximum atomic E-state index is 13.0. The number of benzene rings is 1. The lowest BCUT2D eigenvalue weighted by Gasteiger charge is -2.20. The van der Waals surface area contributed by atoms with E-state index in [1.54, 1.807) is 0 Å². The number of nitrogens with one attached hydrogen (secondary N) is 1. The van der Waals surface area contributed by atoms with E-state index in [4.69, 9.17) is 0 Å². The summed E-state index contributed by atoms with van der Waals surface area (Å²) in [6.07, 6.45) is 0.791. The van der Waals surface area contributed by atoms with Crippen LogP contribution in [0.15, 0.2) is 18.2 Å². The van der Waals surface area contributed by atoms with Crippen LogP contribution in [0.25, 0.3) is 0 Å². The third kappa shape index (κ3) is 3.44. The molecular weight excluding hydrogens is 221 g/mol. The van der Waals surface area contributed by atoms with E-state index in [1.165, 1.54) is 6.07 Å². The molecule has 0 aromatic heterocycles. The number of carbonyl (C=O) groups is 1. The van der Waals surface area contributed by atoms with Crippen molar-refractivity contribution >= 4 is 5.91 Å². The first-order chi connectivity index (χ1) is 7.95. The molecule has 1 atom stereocenters. The zero-order valence-electron chi connectivity index (χ0n) is 10.3. The Kier molecular flexibility index (Phi) is 4.49. The number of halogens is 1. The van der Waals surface area contributed by atoms with Gasteiger partial charge in [-0.15, -0.1) is 0 Å². The van der Waals surface area contributed by atoms with E-state index in [1.807, 2.05) is 20.8 Å². The Morgan fingerprint density at radius 3 is 2.65 bits per heavy atom. The van der Waals surface area contributed by atoms with E-state index < -0.39 is 11.7 Å². The van der Waals surface area contributed by atoms with Crippen molar-refractivity contribution in [3.63, 3.8) is 0 Å². The number of phenols is 1. The molecular formula is C13H18FNO2. The van der Waals surface area contributed by atoms with E-state index in [9.17, 15) is 14.3 Å². The summed E-state index contributed by atoms with van der Waals surface area (Å²) >= 11 is 0. The van der Waals surface area contributed by atoms with Crippen LogP contribution in [0, 0.1) is 11.7 Å². The Hall–Kier alpha value is -1.58. The quantitative estimate of drug-likeness (QED) is 0.848. The van der Waals surface area contributed by atoms with Crippen molar-refractivity contribution in [1.29, 1.82) is 0 Å². The van der Waals surface area contributed by atoms with E-state index >= 15 is 0 Å². The smallest absolute Gasteiger partial charge is 0.255 e. The molecule has 0 saturated carbocycles. The molecule has 0 spiro atoms. The van der Waals surface area contributed by atoms with Crippen LogP contribution in [0.1, 0.15) is 37.6 Å². The molecule has 0 fully saturated rings. The fraction of sp³-hybridized carbons (Fsp3) is 0.462. The Labute approximate surface area is 101 Å². The largest absolute Gasteiger partial charge is 0.507 e. The van der Waals surface area contributed by atoms with Gasteiger partial charge >= 0.3 is 0 Å². The topological polar surface area (TPSA) is 49.3 Å². The highest BCUT2D eigenvalue weighted by atomic mass is 19.1. The first kappa shape index (κ1) is 13.5. The van der Waals surface area contributed by atoms with Gasteiger partial charge in [-0.1, -0.05) is 20.8 Å². The molecule has 1 rings (SSSR count). The number of amides is 1. The van der Waals surface area contributed by atoms with Crippen LogP contribution in [-0.2, 0) is 0 Å². The summed E-state index contributed by atoms with van der Waals surface area (Å²) in [6, 6.07) is 3.36. The van der Waals surface area contributed by atoms with Crippen molar-refractivity contribution in [2.75, 3.05) is 0 Å². The Bertz CT molecular complexity index is 404. The van der Waals surface area contributed by atoms with Crippen molar-refractivity contribution in [3.8, 4) is 5.75 Å². The molecule has 94 valence electrons. The second-order valence-corrected chi connectivity index (χ2v) is 4.39. The van der Waals surface area contributed by atoms with Crippen molar-refractivity contribution < 1.29 is 14.3 Å². The minimum atomic E-state index is -0.537. The summed E-state index contributed by atoms with van der Waals surface area (Å²) in [5.74, 6) is -0.893. The molecule has 2 N–H and O–H groups in total. The van der Waals surface area contributed by atoms with Gasteiger partial charge in [0.2, 0.25) is 0 Å². The second-order valence-electron chi connectivity index (χ2n) is 4.39. The molecule has 4 heteroatoms. The van der Waals surface area contributed by atoms with Crippen LogP contribution >= 0.6 is 0 Å². The number of aromatic hydroxyl groups is 1. The van der Waals surface area contributed by atoms with Crippen LogP contribution in [0.4, 0.5) is 4.39 Å². The standard InChI is InChI=1S/C13H18FNO2/c1-4-11(8(2)3)15-13(17)10-7-9(14)5-6-12(10)16/h5-8,11,16H,4H2,1-3H3,(H,15,17). The van der Waals surface area contributed by atoms with Crippen LogP contribution in [0.5, 0.6) is 5.75 Å². The highest BCUT2D eigenvalue weighted by Gasteiger charge is 2.18. The third-order valence-electron chi connectivity index (χ3n) is 2.76. The molecule has 3 nitrogen and oxygen atoms in total. The van der Waals surface area contributed by atoms with Crippen LogP contribution in [0.3, 0.4) is 0 Å². The molecule has 1 unspecified atom stereocenters. The van der Waals surface area contributed by atoms with Crippen LogP contribution in [-0.4, -0.2) is 17.1 Å². The summed E-state index contributed by atoms with van der Waals surface area (Å²) in [6.45, 7) is 5.97. The van der Waals surface area contributed by atoms with Gasteiger partial charge in [0, 0.05) is 6.04 Å². The van der Waals surface area contributed by atoms with Gasteiger partial charge in [0.05, 0.1) is 5.56 Å². The monoisotopic (exact) mass is 239 g/mol. The Morgan fingerprint density at radius 2 is 2.12 bits per heavy atom. The van der Waals surface area contributed by atoms with Crippen LogP contribution < -0.4 is 5.32 Å². The van der Waals surface area contributed by atoms with Crippen molar-refractivity contribution in [2.24, 2.45) is 5.92 Å². The number of phenolic OH excluding ortho intramolecular Hbond substituents is 1. The number of carbonyl (C=O) groups excluding carboxylic acids is 1. The second kappa shape index (κ2) is 5.66. The fourth-order valence-electron chi connectivity index (χ4n) is 1.68. The molecule has 1 aromatic carbocycles. The van der Waals surface area contributed by atoms with Gasteiger partial charge in [-0.25, -0.2) is 4.39 Å². The van der Waals surface area contributed by atoms with Gasteiger partial charge in [-0.05, 0) is 30.5 Å². The number of rotatable bonds is 4. The predicted octanol–water partition coefficient (Wildman–Crippen LogP) is 2.70. The lowest BCUT2D eigenvalue weighted by Crippen LogP contribution is -2.38. The maximum absolute atomic E-state index is 13.0. The molecule has 0 saturated heterocycles. The first-order valence-corrected chi connectivity index (χ1v) is 5.75. The van der Waals surface area contributed by atoms with Crippen molar-refractivity contribution in [3.05, 3.63) is 29.6 Å². The summed E-state index contributed by atoms with van der Waals surface area (Å²) in [4.78, 5) is 11.9. The predicted molar refractivity (Wildman–Crippen MR) is 64.4 cm³/mol. The molecule has 0 radical (unpaired) electrons. The minimum Gasteiger partial charge on any atom is -0.507 e. The SMILES string of the molecule is CCC(NC(=O)c1cc(F)ccc1O)C(C)C. The molecule has 1 amide bonds. The van der Waals surface area contributed by atoms with Gasteiger partial charge in [0.1, 0.15) is 11.6 Å². The molecule has 1 aromatic rings. The molecule has 0 aliphatic rings. The summed E-state index contributed by atoms with van der Waals surface area (Å²) in [5, 5.41) is 12.3. The fourth-order valence-corrected chi connectivity index (χ4v) is 1.68. The van der Waals surface area contributed by atoms with Gasteiger partial charge in [0.25, 0.3) is 5.91 Å². The molecule has 17 heavy (non-hydrogen) atoms. The van der Waals surface area contributed by atoms with Gasteiger partial charge in [-0.2, -0.15) is 0 Å². The van der Waals surface area contributed by atoms with Crippen LogP contribution in [0.2, 0.25) is 0 Å². The molecule has 0 bridgehead atoms. The highest BCUT2D eigenvalue weighted by molar-refractivity contribution is 5.96. The van der Waals surface area contributed by atoms with Gasteiger partial charge in [-0.3, -0.25) is 4.79 Å². The average Bonchev–Trinajstić information content (AvgIpc) is 2.28. The first-order valence-electron chi connectivity index (χ1n) is 5.75. The van der Waals surface area contributed by atoms with Gasteiger partial charge < -0.3 is 10.4 Å². The number of hydrogen-bond acceptors (Lipinski definition) is 2. The lowest BCUT2D eigenvalue weighted by molar-refractivity contribution is 0.0921. The maximum Gasteiger partial charge on any atom is 0.255 e. The van der Waals surface area contributed by atoms with E-state index in [0.29, 0.717) is 5.92 Å².